The second-order valence-corrected chi connectivity index (χ2v) is 6.69. The Balaban J connectivity index is 1.48. The van der Waals surface area contributed by atoms with Crippen LogP contribution in [0.5, 0.6) is 0 Å². The molecule has 1 aromatic heterocycles. The molecule has 11 heteroatoms. The van der Waals surface area contributed by atoms with Gasteiger partial charge in [-0.15, -0.1) is 0 Å². The fraction of sp³-hybridized carbons (Fsp3) is 0.211. The van der Waals surface area contributed by atoms with Gasteiger partial charge in [-0.2, -0.15) is 0 Å². The average Bonchev–Trinajstić information content (AvgIpc) is 3.01. The van der Waals surface area contributed by atoms with Crippen molar-refractivity contribution in [2.75, 3.05) is 11.9 Å². The summed E-state index contributed by atoms with van der Waals surface area (Å²) in [5.41, 5.74) is 0.771. The van der Waals surface area contributed by atoms with Crippen molar-refractivity contribution < 1.29 is 23.7 Å². The number of nitrogens with one attached hydrogen (secondary N) is 1. The lowest BCUT2D eigenvalue weighted by molar-refractivity contribution is -0.384. The normalized spacial score (nSPS) is 10.7. The molecule has 0 aliphatic heterocycles. The molecule has 0 unspecified atom stereocenters. The molecular weight excluding hydrogens is 418 g/mol. The second-order valence-electron chi connectivity index (χ2n) is 6.25. The predicted octanol–water partition coefficient (Wildman–Crippen LogP) is 3.12. The molecule has 30 heavy (non-hydrogen) atoms. The molecule has 0 saturated carbocycles. The van der Waals surface area contributed by atoms with Crippen LogP contribution in [0, 0.1) is 10.1 Å². The number of fused-ring (bicyclic) bond motifs is 1. The van der Waals surface area contributed by atoms with E-state index in [1.54, 1.807) is 24.3 Å². The Kier molecular flexibility index (Phi) is 6.48. The van der Waals surface area contributed by atoms with Crippen LogP contribution in [0.3, 0.4) is 0 Å². The lowest BCUT2D eigenvalue weighted by atomic mass is 10.2. The molecule has 1 amide bonds. The van der Waals surface area contributed by atoms with Crippen LogP contribution in [-0.4, -0.2) is 28.0 Å². The molecule has 2 aromatic carbocycles. The highest BCUT2D eigenvalue weighted by Crippen LogP contribution is 2.20. The van der Waals surface area contributed by atoms with Gasteiger partial charge in [0.25, 0.3) is 11.6 Å². The van der Waals surface area contributed by atoms with Crippen molar-refractivity contribution >= 4 is 46.0 Å². The van der Waals surface area contributed by atoms with Crippen LogP contribution in [-0.2, 0) is 20.9 Å². The largest absolute Gasteiger partial charge is 0.456 e. The minimum Gasteiger partial charge on any atom is -0.456 e. The van der Waals surface area contributed by atoms with Gasteiger partial charge in [-0.25, -0.2) is 4.79 Å². The maximum Gasteiger partial charge on any atom is 0.419 e. The van der Waals surface area contributed by atoms with Gasteiger partial charge in [-0.3, -0.25) is 24.3 Å². The number of anilines is 1. The summed E-state index contributed by atoms with van der Waals surface area (Å²) >= 11 is 5.83. The molecule has 0 atom stereocenters. The molecule has 0 aliphatic carbocycles. The molecule has 3 rings (SSSR count). The van der Waals surface area contributed by atoms with E-state index in [1.807, 2.05) is 0 Å². The van der Waals surface area contributed by atoms with E-state index >= 15 is 0 Å². The van der Waals surface area contributed by atoms with Crippen LogP contribution in [0.15, 0.2) is 51.7 Å². The van der Waals surface area contributed by atoms with Crippen molar-refractivity contribution in [2.24, 2.45) is 0 Å². The zero-order valence-electron chi connectivity index (χ0n) is 15.5. The zero-order chi connectivity index (χ0) is 21.7. The van der Waals surface area contributed by atoms with Gasteiger partial charge in [0.15, 0.2) is 12.2 Å². The maximum atomic E-state index is 12.0. The van der Waals surface area contributed by atoms with Crippen molar-refractivity contribution in [3.8, 4) is 0 Å². The molecule has 1 N–H and O–H groups in total. The Bertz CT molecular complexity index is 1170. The Hall–Kier alpha value is -3.66. The lowest BCUT2D eigenvalue weighted by Gasteiger charge is -2.07. The number of amides is 1. The Labute approximate surface area is 174 Å². The summed E-state index contributed by atoms with van der Waals surface area (Å²) in [6.07, 6.45) is 0.219. The van der Waals surface area contributed by atoms with Crippen molar-refractivity contribution in [3.05, 3.63) is 68.2 Å². The third-order valence-corrected chi connectivity index (χ3v) is 4.33. The standard InChI is InChI=1S/C19H16ClN3O7/c20-12-3-1-4-13(9-12)21-17(24)11-29-18(25)5-2-8-22-15-7-6-14(23(27)28)10-16(15)30-19(22)26/h1,3-4,6-7,9-10H,2,5,8,11H2,(H,21,24). The van der Waals surface area contributed by atoms with Gasteiger partial charge in [0, 0.05) is 29.7 Å². The van der Waals surface area contributed by atoms with E-state index in [9.17, 15) is 24.5 Å². The number of carbonyl (C=O) groups is 2. The highest BCUT2D eigenvalue weighted by atomic mass is 35.5. The predicted molar refractivity (Wildman–Crippen MR) is 107 cm³/mol. The van der Waals surface area contributed by atoms with Crippen LogP contribution < -0.4 is 11.1 Å². The van der Waals surface area contributed by atoms with E-state index in [1.165, 1.54) is 22.8 Å². The van der Waals surface area contributed by atoms with Crippen molar-refractivity contribution in [3.63, 3.8) is 0 Å². The number of aromatic nitrogens is 1. The Morgan fingerprint density at radius 2 is 2.03 bits per heavy atom. The first kappa shape index (κ1) is 21.1. The molecule has 1 heterocycles. The number of nitrogens with zero attached hydrogens (tertiary/aromatic N) is 2. The first-order valence-electron chi connectivity index (χ1n) is 8.82. The first-order valence-corrected chi connectivity index (χ1v) is 9.20. The molecule has 0 fully saturated rings. The number of ether oxygens (including phenoxy) is 1. The van der Waals surface area contributed by atoms with Crippen molar-refractivity contribution in [1.29, 1.82) is 0 Å². The van der Waals surface area contributed by atoms with Gasteiger partial charge in [-0.1, -0.05) is 17.7 Å². The van der Waals surface area contributed by atoms with Gasteiger partial charge < -0.3 is 14.5 Å². The summed E-state index contributed by atoms with van der Waals surface area (Å²) in [4.78, 5) is 45.8. The summed E-state index contributed by atoms with van der Waals surface area (Å²) in [5.74, 6) is -1.79. The number of halogens is 1. The topological polar surface area (TPSA) is 134 Å². The fourth-order valence-electron chi connectivity index (χ4n) is 2.74. The Morgan fingerprint density at radius 3 is 2.77 bits per heavy atom. The van der Waals surface area contributed by atoms with Gasteiger partial charge >= 0.3 is 11.7 Å². The van der Waals surface area contributed by atoms with Crippen LogP contribution in [0.2, 0.25) is 5.02 Å². The quantitative estimate of drug-likeness (QED) is 0.327. The number of aryl methyl sites for hydroxylation is 1. The summed E-state index contributed by atoms with van der Waals surface area (Å²) in [5, 5.41) is 13.8. The van der Waals surface area contributed by atoms with Crippen molar-refractivity contribution in [1.82, 2.24) is 4.57 Å². The number of carbonyl (C=O) groups excluding carboxylic acids is 2. The van der Waals surface area contributed by atoms with E-state index in [0.717, 1.165) is 0 Å². The highest BCUT2D eigenvalue weighted by Gasteiger charge is 2.15. The molecule has 0 aliphatic rings. The number of hydrogen-bond donors (Lipinski definition) is 1. The fourth-order valence-corrected chi connectivity index (χ4v) is 2.93. The number of nitro benzene ring substituents is 1. The van der Waals surface area contributed by atoms with Gasteiger partial charge in [0.05, 0.1) is 16.5 Å². The summed E-state index contributed by atoms with van der Waals surface area (Å²) in [7, 11) is 0. The second kappa shape index (κ2) is 9.23. The molecular formula is C19H16ClN3O7. The van der Waals surface area contributed by atoms with E-state index in [2.05, 4.69) is 5.32 Å². The monoisotopic (exact) mass is 433 g/mol. The molecule has 0 saturated heterocycles. The first-order chi connectivity index (χ1) is 14.3. The number of rotatable bonds is 8. The molecule has 3 aromatic rings. The van der Waals surface area contributed by atoms with Gasteiger partial charge in [0.1, 0.15) is 0 Å². The van der Waals surface area contributed by atoms with Gasteiger partial charge in [-0.05, 0) is 30.7 Å². The molecule has 156 valence electrons. The third kappa shape index (κ3) is 5.23. The summed E-state index contributed by atoms with van der Waals surface area (Å²) in [6.45, 7) is -0.308. The molecule has 0 spiro atoms. The number of hydrogen-bond acceptors (Lipinski definition) is 7. The number of non-ortho nitro benzene ring substituents is 1. The van der Waals surface area contributed by atoms with Crippen LogP contribution in [0.25, 0.3) is 11.1 Å². The maximum absolute atomic E-state index is 12.0. The summed E-state index contributed by atoms with van der Waals surface area (Å²) in [6, 6.07) is 10.4. The number of benzene rings is 2. The molecule has 10 nitrogen and oxygen atoms in total. The molecule has 0 radical (unpaired) electrons. The zero-order valence-corrected chi connectivity index (χ0v) is 16.3. The smallest absolute Gasteiger partial charge is 0.419 e. The SMILES string of the molecule is O=C(COC(=O)CCCn1c(=O)oc2cc([N+](=O)[O-])ccc21)Nc1cccc(Cl)c1. The lowest BCUT2D eigenvalue weighted by Crippen LogP contribution is -2.21. The minimum absolute atomic E-state index is 0.0312. The van der Waals surface area contributed by atoms with Crippen LogP contribution in [0.4, 0.5) is 11.4 Å². The van der Waals surface area contributed by atoms with E-state index in [0.29, 0.717) is 16.2 Å². The van der Waals surface area contributed by atoms with E-state index < -0.39 is 29.2 Å². The Morgan fingerprint density at radius 1 is 1.23 bits per heavy atom. The number of esters is 1. The van der Waals surface area contributed by atoms with E-state index in [4.69, 9.17) is 20.8 Å². The minimum atomic E-state index is -0.681. The van der Waals surface area contributed by atoms with Crippen LogP contribution >= 0.6 is 11.6 Å². The van der Waals surface area contributed by atoms with Crippen LogP contribution in [0.1, 0.15) is 12.8 Å². The summed E-state index contributed by atoms with van der Waals surface area (Å²) < 4.78 is 11.2. The number of oxazole rings is 1. The van der Waals surface area contributed by atoms with Crippen molar-refractivity contribution in [2.45, 2.75) is 19.4 Å². The number of nitro groups is 1. The molecule has 0 bridgehead atoms. The average molecular weight is 434 g/mol. The highest BCUT2D eigenvalue weighted by molar-refractivity contribution is 6.30. The van der Waals surface area contributed by atoms with Gasteiger partial charge in [0.2, 0.25) is 0 Å². The third-order valence-electron chi connectivity index (χ3n) is 4.10. The van der Waals surface area contributed by atoms with E-state index in [-0.39, 0.29) is 30.7 Å².